The van der Waals surface area contributed by atoms with E-state index in [1.807, 2.05) is 26.0 Å². The molecule has 3 amide bonds. The number of nitrogens with zero attached hydrogens (tertiary/aromatic N) is 3. The summed E-state index contributed by atoms with van der Waals surface area (Å²) < 4.78 is 7.40. The van der Waals surface area contributed by atoms with Crippen LogP contribution in [0.25, 0.3) is 0 Å². The van der Waals surface area contributed by atoms with Crippen LogP contribution in [0.3, 0.4) is 0 Å². The first-order valence-electron chi connectivity index (χ1n) is 7.82. The molecule has 0 spiro atoms. The predicted molar refractivity (Wildman–Crippen MR) is 99.0 cm³/mol. The summed E-state index contributed by atoms with van der Waals surface area (Å²) in [5.41, 5.74) is 5.03. The number of amides is 3. The van der Waals surface area contributed by atoms with Crippen molar-refractivity contribution in [1.82, 2.24) is 20.1 Å². The van der Waals surface area contributed by atoms with E-state index >= 15 is 0 Å². The number of imide groups is 1. The standard InChI is InChI=1S/C16H20ClN5O3S/c1-9(2)13(14(23)19-15(18)24)26-16-21-20-12(22(16)3)8-25-11-7-5-4-6-10(11)17/h4-7,9,13H,8H2,1-3H3,(H3,18,19,23,24)/t13-/m1/s1. The first-order valence-corrected chi connectivity index (χ1v) is 9.08. The summed E-state index contributed by atoms with van der Waals surface area (Å²) in [7, 11) is 1.77. The number of nitrogens with one attached hydrogen (secondary N) is 1. The maximum absolute atomic E-state index is 12.1. The normalized spacial score (nSPS) is 12.0. The van der Waals surface area contributed by atoms with E-state index in [1.165, 1.54) is 11.8 Å². The van der Waals surface area contributed by atoms with E-state index in [9.17, 15) is 9.59 Å². The van der Waals surface area contributed by atoms with Gasteiger partial charge in [0.2, 0.25) is 5.91 Å². The molecular formula is C16H20ClN5O3S. The van der Waals surface area contributed by atoms with Gasteiger partial charge in [-0.25, -0.2) is 4.79 Å². The van der Waals surface area contributed by atoms with Crippen LogP contribution in [-0.2, 0) is 18.4 Å². The zero-order valence-electron chi connectivity index (χ0n) is 14.6. The van der Waals surface area contributed by atoms with Gasteiger partial charge in [-0.05, 0) is 18.1 Å². The van der Waals surface area contributed by atoms with Crippen molar-refractivity contribution in [2.24, 2.45) is 18.7 Å². The van der Waals surface area contributed by atoms with Crippen LogP contribution < -0.4 is 15.8 Å². The van der Waals surface area contributed by atoms with Gasteiger partial charge in [0.05, 0.1) is 10.3 Å². The molecule has 2 aromatic rings. The van der Waals surface area contributed by atoms with E-state index in [0.29, 0.717) is 21.8 Å². The Kier molecular flexibility index (Phi) is 6.87. The van der Waals surface area contributed by atoms with Crippen LogP contribution in [0.1, 0.15) is 19.7 Å². The third-order valence-corrected chi connectivity index (χ3v) is 5.35. The summed E-state index contributed by atoms with van der Waals surface area (Å²) >= 11 is 7.27. The second-order valence-electron chi connectivity index (χ2n) is 5.81. The Bertz CT molecular complexity index is 796. The van der Waals surface area contributed by atoms with Crippen molar-refractivity contribution in [1.29, 1.82) is 0 Å². The fraction of sp³-hybridized carbons (Fsp3) is 0.375. The van der Waals surface area contributed by atoms with Gasteiger partial charge in [0.25, 0.3) is 0 Å². The highest BCUT2D eigenvalue weighted by Crippen LogP contribution is 2.28. The van der Waals surface area contributed by atoms with Gasteiger partial charge >= 0.3 is 6.03 Å². The summed E-state index contributed by atoms with van der Waals surface area (Å²) in [5, 5.41) is 10.8. The summed E-state index contributed by atoms with van der Waals surface area (Å²) in [4.78, 5) is 23.1. The number of para-hydroxylation sites is 1. The van der Waals surface area contributed by atoms with E-state index in [-0.39, 0.29) is 12.5 Å². The lowest BCUT2D eigenvalue weighted by molar-refractivity contribution is -0.120. The van der Waals surface area contributed by atoms with E-state index in [1.54, 1.807) is 23.7 Å². The Morgan fingerprint density at radius 1 is 1.35 bits per heavy atom. The Morgan fingerprint density at radius 2 is 2.04 bits per heavy atom. The van der Waals surface area contributed by atoms with Crippen LogP contribution in [0.15, 0.2) is 29.4 Å². The van der Waals surface area contributed by atoms with Crippen molar-refractivity contribution in [3.63, 3.8) is 0 Å². The van der Waals surface area contributed by atoms with Crippen molar-refractivity contribution in [2.75, 3.05) is 0 Å². The number of carbonyl (C=O) groups excluding carboxylic acids is 2. The highest BCUT2D eigenvalue weighted by atomic mass is 35.5. The number of hydrogen-bond acceptors (Lipinski definition) is 6. The Morgan fingerprint density at radius 3 is 2.65 bits per heavy atom. The summed E-state index contributed by atoms with van der Waals surface area (Å²) in [5.74, 6) is 0.616. The topological polar surface area (TPSA) is 112 Å². The maximum atomic E-state index is 12.1. The lowest BCUT2D eigenvalue weighted by atomic mass is 10.1. The molecule has 0 bridgehead atoms. The van der Waals surface area contributed by atoms with E-state index in [2.05, 4.69) is 15.5 Å². The van der Waals surface area contributed by atoms with E-state index in [4.69, 9.17) is 22.1 Å². The number of primary amides is 1. The van der Waals surface area contributed by atoms with Gasteiger partial charge in [0.1, 0.15) is 12.4 Å². The number of aromatic nitrogens is 3. The van der Waals surface area contributed by atoms with Crippen LogP contribution in [0.4, 0.5) is 4.79 Å². The molecule has 0 saturated heterocycles. The molecule has 2 rings (SSSR count). The van der Waals surface area contributed by atoms with Crippen LogP contribution in [0.5, 0.6) is 5.75 Å². The third kappa shape index (κ3) is 5.12. The summed E-state index contributed by atoms with van der Waals surface area (Å²) in [6.07, 6.45) is 0. The molecule has 26 heavy (non-hydrogen) atoms. The van der Waals surface area contributed by atoms with Gasteiger partial charge in [0.15, 0.2) is 11.0 Å². The number of ether oxygens (including phenoxy) is 1. The van der Waals surface area contributed by atoms with Gasteiger partial charge in [0, 0.05) is 7.05 Å². The molecule has 0 radical (unpaired) electrons. The molecule has 0 aliphatic heterocycles. The number of rotatable bonds is 7. The van der Waals surface area contributed by atoms with Gasteiger partial charge in [-0.15, -0.1) is 10.2 Å². The number of nitrogens with two attached hydrogens (primary N) is 1. The predicted octanol–water partition coefficient (Wildman–Crippen LogP) is 2.36. The lowest BCUT2D eigenvalue weighted by Crippen LogP contribution is -2.42. The number of thioether (sulfide) groups is 1. The Labute approximate surface area is 160 Å². The highest BCUT2D eigenvalue weighted by Gasteiger charge is 2.27. The largest absolute Gasteiger partial charge is 0.484 e. The van der Waals surface area contributed by atoms with E-state index in [0.717, 1.165) is 0 Å². The van der Waals surface area contributed by atoms with Gasteiger partial charge < -0.3 is 15.0 Å². The van der Waals surface area contributed by atoms with Gasteiger partial charge in [-0.2, -0.15) is 0 Å². The molecule has 8 nitrogen and oxygen atoms in total. The van der Waals surface area contributed by atoms with Gasteiger partial charge in [-0.3, -0.25) is 10.1 Å². The monoisotopic (exact) mass is 397 g/mol. The molecule has 0 fully saturated rings. The lowest BCUT2D eigenvalue weighted by Gasteiger charge is -2.18. The molecule has 1 atom stereocenters. The molecule has 0 saturated carbocycles. The molecule has 1 aromatic carbocycles. The zero-order chi connectivity index (χ0) is 19.3. The fourth-order valence-corrected chi connectivity index (χ4v) is 3.28. The average Bonchev–Trinajstić information content (AvgIpc) is 2.91. The number of halogens is 1. The smallest absolute Gasteiger partial charge is 0.318 e. The number of carbonyl (C=O) groups is 2. The Hall–Kier alpha value is -2.26. The Balaban J connectivity index is 2.08. The first-order chi connectivity index (χ1) is 12.3. The zero-order valence-corrected chi connectivity index (χ0v) is 16.2. The minimum absolute atomic E-state index is 0.0427. The SMILES string of the molecule is CC(C)[C@@H](Sc1nnc(COc2ccccc2Cl)n1C)C(=O)NC(N)=O. The highest BCUT2D eigenvalue weighted by molar-refractivity contribution is 8.00. The second-order valence-corrected chi connectivity index (χ2v) is 7.33. The molecule has 3 N–H and O–H groups in total. The van der Waals surface area contributed by atoms with Crippen LogP contribution in [0.2, 0.25) is 5.02 Å². The second kappa shape index (κ2) is 8.91. The molecule has 0 aliphatic rings. The van der Waals surface area contributed by atoms with Gasteiger partial charge in [-0.1, -0.05) is 49.3 Å². The van der Waals surface area contributed by atoms with Crippen molar-refractivity contribution in [3.8, 4) is 5.75 Å². The van der Waals surface area contributed by atoms with Crippen LogP contribution in [-0.4, -0.2) is 32.0 Å². The first kappa shape index (κ1) is 20.1. The average molecular weight is 398 g/mol. The molecule has 1 aromatic heterocycles. The van der Waals surface area contributed by atoms with E-state index < -0.39 is 17.2 Å². The third-order valence-electron chi connectivity index (χ3n) is 3.46. The fourth-order valence-electron chi connectivity index (χ4n) is 2.08. The maximum Gasteiger partial charge on any atom is 0.318 e. The number of urea groups is 1. The molecular weight excluding hydrogens is 378 g/mol. The number of benzene rings is 1. The van der Waals surface area contributed by atoms with Crippen LogP contribution in [0, 0.1) is 5.92 Å². The van der Waals surface area contributed by atoms with Crippen molar-refractivity contribution < 1.29 is 14.3 Å². The molecule has 0 unspecified atom stereocenters. The van der Waals surface area contributed by atoms with Crippen molar-refractivity contribution >= 4 is 35.3 Å². The summed E-state index contributed by atoms with van der Waals surface area (Å²) in [6.45, 7) is 3.92. The molecule has 10 heteroatoms. The quantitative estimate of drug-likeness (QED) is 0.693. The molecule has 140 valence electrons. The minimum atomic E-state index is -0.881. The van der Waals surface area contributed by atoms with Crippen molar-refractivity contribution in [3.05, 3.63) is 35.1 Å². The molecule has 0 aliphatic carbocycles. The summed E-state index contributed by atoms with van der Waals surface area (Å²) in [6, 6.07) is 6.25. The molecule has 1 heterocycles. The van der Waals surface area contributed by atoms with Crippen molar-refractivity contribution in [2.45, 2.75) is 30.9 Å². The minimum Gasteiger partial charge on any atom is -0.484 e. The number of hydrogen-bond donors (Lipinski definition) is 2. The van der Waals surface area contributed by atoms with Crippen LogP contribution >= 0.6 is 23.4 Å².